The number of halogens is 1. The maximum atomic E-state index is 13.1. The Balaban J connectivity index is 1.59. The van der Waals surface area contributed by atoms with Gasteiger partial charge in [-0.2, -0.15) is 0 Å². The molecule has 9 heteroatoms. The van der Waals surface area contributed by atoms with E-state index in [-0.39, 0.29) is 54.3 Å². The lowest BCUT2D eigenvalue weighted by atomic mass is 9.93. The number of carbonyl (C=O) groups is 2. The summed E-state index contributed by atoms with van der Waals surface area (Å²) in [6.07, 6.45) is 5.52. The molecule has 166 valence electrons. The average molecular weight is 440 g/mol. The van der Waals surface area contributed by atoms with Crippen molar-refractivity contribution in [3.05, 3.63) is 30.1 Å². The van der Waals surface area contributed by atoms with Gasteiger partial charge in [0.1, 0.15) is 5.82 Å². The lowest BCUT2D eigenvalue weighted by Gasteiger charge is -2.39. The molecule has 0 aromatic heterocycles. The van der Waals surface area contributed by atoms with Crippen LogP contribution in [0.2, 0.25) is 0 Å². The van der Waals surface area contributed by atoms with Crippen LogP contribution in [0.1, 0.15) is 38.5 Å². The quantitative estimate of drug-likeness (QED) is 0.703. The van der Waals surface area contributed by atoms with Gasteiger partial charge in [-0.25, -0.2) is 12.8 Å². The number of nitrogens with one attached hydrogen (secondary N) is 1. The SMILES string of the molecule is CN(CC(=O)Nc1ccc(F)cc1)CC(=O)N(C1CCCCC1)[C@H]1CCS(=O)(=O)C1. The van der Waals surface area contributed by atoms with Crippen molar-refractivity contribution in [2.45, 2.75) is 50.6 Å². The second kappa shape index (κ2) is 9.87. The third-order valence-corrected chi connectivity index (χ3v) is 7.55. The molecule has 1 saturated carbocycles. The Kier molecular flexibility index (Phi) is 7.46. The molecule has 0 unspecified atom stereocenters. The third kappa shape index (κ3) is 6.25. The highest BCUT2D eigenvalue weighted by atomic mass is 32.2. The molecule has 2 fully saturated rings. The van der Waals surface area contributed by atoms with Crippen LogP contribution < -0.4 is 5.32 Å². The highest BCUT2D eigenvalue weighted by Gasteiger charge is 2.38. The van der Waals surface area contributed by atoms with Gasteiger partial charge in [-0.3, -0.25) is 14.5 Å². The predicted molar refractivity (Wildman–Crippen MR) is 113 cm³/mol. The van der Waals surface area contributed by atoms with E-state index < -0.39 is 9.84 Å². The van der Waals surface area contributed by atoms with Crippen molar-refractivity contribution >= 4 is 27.3 Å². The molecular weight excluding hydrogens is 409 g/mol. The van der Waals surface area contributed by atoms with E-state index in [0.29, 0.717) is 12.1 Å². The number of nitrogens with zero attached hydrogens (tertiary/aromatic N) is 2. The van der Waals surface area contributed by atoms with E-state index in [1.807, 2.05) is 0 Å². The van der Waals surface area contributed by atoms with Crippen molar-refractivity contribution in [3.8, 4) is 0 Å². The maximum absolute atomic E-state index is 13.1. The monoisotopic (exact) mass is 439 g/mol. The molecule has 1 atom stereocenters. The van der Waals surface area contributed by atoms with Crippen LogP contribution in [0, 0.1) is 5.82 Å². The molecule has 1 aliphatic heterocycles. The summed E-state index contributed by atoms with van der Waals surface area (Å²) < 4.78 is 37.0. The minimum Gasteiger partial charge on any atom is -0.335 e. The van der Waals surface area contributed by atoms with Crippen molar-refractivity contribution in [3.63, 3.8) is 0 Å². The zero-order valence-corrected chi connectivity index (χ0v) is 18.2. The van der Waals surface area contributed by atoms with Gasteiger partial charge in [0, 0.05) is 17.8 Å². The van der Waals surface area contributed by atoms with Crippen molar-refractivity contribution in [1.82, 2.24) is 9.80 Å². The summed E-state index contributed by atoms with van der Waals surface area (Å²) in [5, 5.41) is 2.68. The molecule has 1 heterocycles. The van der Waals surface area contributed by atoms with Crippen molar-refractivity contribution in [1.29, 1.82) is 0 Å². The molecule has 0 radical (unpaired) electrons. The Bertz CT molecular complexity index is 854. The number of sulfone groups is 1. The number of hydrogen-bond donors (Lipinski definition) is 1. The van der Waals surface area contributed by atoms with Crippen molar-refractivity contribution in [2.24, 2.45) is 0 Å². The van der Waals surface area contributed by atoms with Crippen LogP contribution in [0.15, 0.2) is 24.3 Å². The van der Waals surface area contributed by atoms with E-state index >= 15 is 0 Å². The molecule has 3 rings (SSSR count). The Morgan fingerprint density at radius 1 is 1.03 bits per heavy atom. The molecule has 0 spiro atoms. The summed E-state index contributed by atoms with van der Waals surface area (Å²) in [6, 6.07) is 5.28. The van der Waals surface area contributed by atoms with E-state index in [2.05, 4.69) is 5.32 Å². The maximum Gasteiger partial charge on any atom is 0.238 e. The Morgan fingerprint density at radius 2 is 1.70 bits per heavy atom. The third-order valence-electron chi connectivity index (χ3n) is 5.80. The topological polar surface area (TPSA) is 86.8 Å². The number of hydrogen-bond acceptors (Lipinski definition) is 5. The first kappa shape index (κ1) is 22.7. The number of carbonyl (C=O) groups excluding carboxylic acids is 2. The zero-order chi connectivity index (χ0) is 21.7. The van der Waals surface area contributed by atoms with Crippen LogP contribution in [0.5, 0.6) is 0 Å². The fourth-order valence-electron chi connectivity index (χ4n) is 4.41. The molecule has 2 amide bonds. The summed E-state index contributed by atoms with van der Waals surface area (Å²) in [7, 11) is -1.41. The Labute approximate surface area is 177 Å². The van der Waals surface area contributed by atoms with Gasteiger partial charge in [0.05, 0.1) is 24.6 Å². The zero-order valence-electron chi connectivity index (χ0n) is 17.3. The van der Waals surface area contributed by atoms with Gasteiger partial charge in [0.15, 0.2) is 9.84 Å². The number of benzene rings is 1. The smallest absolute Gasteiger partial charge is 0.238 e. The van der Waals surface area contributed by atoms with Crippen LogP contribution in [-0.4, -0.2) is 73.8 Å². The van der Waals surface area contributed by atoms with Gasteiger partial charge < -0.3 is 10.2 Å². The molecule has 2 aliphatic rings. The molecule has 1 aromatic carbocycles. The van der Waals surface area contributed by atoms with E-state index in [4.69, 9.17) is 0 Å². The summed E-state index contributed by atoms with van der Waals surface area (Å²) in [5.41, 5.74) is 0.487. The number of amides is 2. The Hall–Kier alpha value is -2.00. The largest absolute Gasteiger partial charge is 0.335 e. The van der Waals surface area contributed by atoms with Gasteiger partial charge in [0.25, 0.3) is 0 Å². The number of likely N-dealkylation sites (N-methyl/N-ethyl adjacent to an activating group) is 1. The second-order valence-corrected chi connectivity index (χ2v) is 10.6. The molecule has 7 nitrogen and oxygen atoms in total. The van der Waals surface area contributed by atoms with Gasteiger partial charge in [0.2, 0.25) is 11.8 Å². The standard InChI is InChI=1S/C21H30FN3O4S/c1-24(13-20(26)23-17-9-7-16(22)8-10-17)14-21(27)25(18-5-3-2-4-6-18)19-11-12-30(28,29)15-19/h7-10,18-19H,2-6,11-15H2,1H3,(H,23,26)/t19-/m0/s1. The predicted octanol–water partition coefficient (Wildman–Crippen LogP) is 2.04. The normalized spacial score (nSPS) is 21.5. The van der Waals surface area contributed by atoms with Crippen LogP contribution in [0.3, 0.4) is 0 Å². The minimum atomic E-state index is -3.10. The van der Waals surface area contributed by atoms with E-state index in [1.165, 1.54) is 24.3 Å². The summed E-state index contributed by atoms with van der Waals surface area (Å²) in [4.78, 5) is 28.8. The fourth-order valence-corrected chi connectivity index (χ4v) is 6.12. The van der Waals surface area contributed by atoms with Crippen molar-refractivity contribution < 1.29 is 22.4 Å². The highest BCUT2D eigenvalue weighted by Crippen LogP contribution is 2.28. The molecular formula is C21H30FN3O4S. The first-order valence-electron chi connectivity index (χ1n) is 10.5. The van der Waals surface area contributed by atoms with E-state index in [9.17, 15) is 22.4 Å². The van der Waals surface area contributed by atoms with E-state index in [0.717, 1.165) is 32.1 Å². The van der Waals surface area contributed by atoms with Crippen LogP contribution in [-0.2, 0) is 19.4 Å². The van der Waals surface area contributed by atoms with E-state index in [1.54, 1.807) is 16.8 Å². The van der Waals surface area contributed by atoms with Crippen LogP contribution >= 0.6 is 0 Å². The summed E-state index contributed by atoms with van der Waals surface area (Å²) in [6.45, 7) is 0.0501. The Morgan fingerprint density at radius 3 is 2.30 bits per heavy atom. The number of anilines is 1. The minimum absolute atomic E-state index is 0.00455. The first-order valence-corrected chi connectivity index (χ1v) is 12.3. The van der Waals surface area contributed by atoms with Crippen molar-refractivity contribution in [2.75, 3.05) is 37.0 Å². The van der Waals surface area contributed by atoms with Crippen LogP contribution in [0.4, 0.5) is 10.1 Å². The molecule has 1 saturated heterocycles. The summed E-state index contributed by atoms with van der Waals surface area (Å²) >= 11 is 0. The second-order valence-electron chi connectivity index (χ2n) is 8.38. The van der Waals surface area contributed by atoms with Crippen LogP contribution in [0.25, 0.3) is 0 Å². The highest BCUT2D eigenvalue weighted by molar-refractivity contribution is 7.91. The van der Waals surface area contributed by atoms with Gasteiger partial charge >= 0.3 is 0 Å². The average Bonchev–Trinajstić information content (AvgIpc) is 3.03. The summed E-state index contributed by atoms with van der Waals surface area (Å²) in [5.74, 6) is -0.647. The lowest BCUT2D eigenvalue weighted by molar-refractivity contribution is -0.137. The molecule has 0 bridgehead atoms. The van der Waals surface area contributed by atoms with Gasteiger partial charge in [-0.1, -0.05) is 19.3 Å². The first-order chi connectivity index (χ1) is 14.2. The van der Waals surface area contributed by atoms with Gasteiger partial charge in [-0.15, -0.1) is 0 Å². The lowest BCUT2D eigenvalue weighted by Crippen LogP contribution is -2.52. The molecule has 1 aliphatic carbocycles. The number of rotatable bonds is 7. The fraction of sp³-hybridized carbons (Fsp3) is 0.619. The molecule has 1 N–H and O–H groups in total. The molecule has 1 aromatic rings. The van der Waals surface area contributed by atoms with Gasteiger partial charge in [-0.05, 0) is 50.6 Å². The molecule has 30 heavy (non-hydrogen) atoms.